The van der Waals surface area contributed by atoms with Crippen LogP contribution in [-0.4, -0.2) is 13.1 Å². The van der Waals surface area contributed by atoms with Gasteiger partial charge in [0.15, 0.2) is 0 Å². The number of hydrogen-bond acceptors (Lipinski definition) is 1. The molecule has 1 aromatic carbocycles. The third-order valence-corrected chi connectivity index (χ3v) is 4.15. The van der Waals surface area contributed by atoms with Crippen molar-refractivity contribution in [3.8, 4) is 0 Å². The second-order valence-electron chi connectivity index (χ2n) is 4.69. The van der Waals surface area contributed by atoms with E-state index in [2.05, 4.69) is 39.4 Å². The summed E-state index contributed by atoms with van der Waals surface area (Å²) in [7, 11) is 0. The van der Waals surface area contributed by atoms with Gasteiger partial charge < -0.3 is 5.32 Å². The van der Waals surface area contributed by atoms with E-state index in [4.69, 9.17) is 0 Å². The molecule has 0 atom stereocenters. The van der Waals surface area contributed by atoms with Gasteiger partial charge in [0.05, 0.1) is 0 Å². The molecular formula is C12H14BrN. The molecule has 3 rings (SSSR count). The van der Waals surface area contributed by atoms with Gasteiger partial charge in [-0.2, -0.15) is 0 Å². The molecule has 0 amide bonds. The van der Waals surface area contributed by atoms with E-state index in [1.807, 2.05) is 0 Å². The zero-order valence-electron chi connectivity index (χ0n) is 8.15. The van der Waals surface area contributed by atoms with E-state index in [0.717, 1.165) is 0 Å². The molecule has 1 saturated heterocycles. The number of halogens is 1. The van der Waals surface area contributed by atoms with Crippen LogP contribution >= 0.6 is 15.9 Å². The maximum atomic E-state index is 3.54. The minimum absolute atomic E-state index is 0.612. The molecule has 0 aromatic heterocycles. The second kappa shape index (κ2) is 3.07. The Kier molecular flexibility index (Phi) is 1.96. The minimum atomic E-state index is 0.612. The van der Waals surface area contributed by atoms with Crippen molar-refractivity contribution in [2.45, 2.75) is 19.3 Å². The van der Waals surface area contributed by atoms with E-state index in [-0.39, 0.29) is 0 Å². The zero-order chi connectivity index (χ0) is 9.60. The van der Waals surface area contributed by atoms with Gasteiger partial charge in [0.1, 0.15) is 0 Å². The highest BCUT2D eigenvalue weighted by molar-refractivity contribution is 9.10. The standard InChI is InChI=1S/C12H14BrN/c13-11-2-1-10-6-12(7-14-8-12)4-3-9(10)5-11/h1-2,5,14H,3-4,6-8H2. The van der Waals surface area contributed by atoms with Gasteiger partial charge in [-0.05, 0) is 47.9 Å². The molecule has 0 bridgehead atoms. The predicted octanol–water partition coefficient (Wildman–Crippen LogP) is 2.53. The highest BCUT2D eigenvalue weighted by atomic mass is 79.9. The van der Waals surface area contributed by atoms with Gasteiger partial charge in [0.2, 0.25) is 0 Å². The molecule has 1 fully saturated rings. The molecule has 1 aromatic rings. The van der Waals surface area contributed by atoms with Crippen LogP contribution in [0, 0.1) is 5.41 Å². The Balaban J connectivity index is 1.94. The average molecular weight is 252 g/mol. The Morgan fingerprint density at radius 1 is 1.21 bits per heavy atom. The summed E-state index contributed by atoms with van der Waals surface area (Å²) in [5, 5.41) is 3.40. The van der Waals surface area contributed by atoms with Crippen LogP contribution in [-0.2, 0) is 12.8 Å². The first-order valence-electron chi connectivity index (χ1n) is 5.26. The fraction of sp³-hybridized carbons (Fsp3) is 0.500. The van der Waals surface area contributed by atoms with Crippen molar-refractivity contribution in [3.63, 3.8) is 0 Å². The van der Waals surface area contributed by atoms with Crippen LogP contribution in [0.2, 0.25) is 0 Å². The van der Waals surface area contributed by atoms with Gasteiger partial charge >= 0.3 is 0 Å². The molecule has 1 aliphatic carbocycles. The Bertz CT molecular complexity index is 369. The highest BCUT2D eigenvalue weighted by Crippen LogP contribution is 2.39. The van der Waals surface area contributed by atoms with Crippen LogP contribution in [0.25, 0.3) is 0 Å². The summed E-state index contributed by atoms with van der Waals surface area (Å²) in [4.78, 5) is 0. The number of fused-ring (bicyclic) bond motifs is 1. The number of rotatable bonds is 0. The Labute approximate surface area is 93.0 Å². The Morgan fingerprint density at radius 3 is 2.79 bits per heavy atom. The largest absolute Gasteiger partial charge is 0.316 e. The van der Waals surface area contributed by atoms with Crippen molar-refractivity contribution in [1.29, 1.82) is 0 Å². The SMILES string of the molecule is Brc1ccc2c(c1)CCC1(CNC1)C2. The molecule has 14 heavy (non-hydrogen) atoms. The molecule has 1 nitrogen and oxygen atoms in total. The molecule has 0 saturated carbocycles. The zero-order valence-corrected chi connectivity index (χ0v) is 9.73. The molecule has 1 heterocycles. The van der Waals surface area contributed by atoms with Crippen molar-refractivity contribution >= 4 is 15.9 Å². The monoisotopic (exact) mass is 251 g/mol. The topological polar surface area (TPSA) is 12.0 Å². The maximum absolute atomic E-state index is 3.54. The number of hydrogen-bond donors (Lipinski definition) is 1. The van der Waals surface area contributed by atoms with Gasteiger partial charge in [0.25, 0.3) is 0 Å². The summed E-state index contributed by atoms with van der Waals surface area (Å²) in [6, 6.07) is 6.75. The summed E-state index contributed by atoms with van der Waals surface area (Å²) < 4.78 is 1.22. The summed E-state index contributed by atoms with van der Waals surface area (Å²) in [6.07, 6.45) is 3.91. The molecule has 2 heteroatoms. The van der Waals surface area contributed by atoms with Crippen LogP contribution < -0.4 is 5.32 Å². The smallest absolute Gasteiger partial charge is 0.0178 e. The molecular weight excluding hydrogens is 238 g/mol. The minimum Gasteiger partial charge on any atom is -0.316 e. The van der Waals surface area contributed by atoms with Gasteiger partial charge in [-0.1, -0.05) is 22.0 Å². The van der Waals surface area contributed by atoms with E-state index in [1.165, 1.54) is 36.8 Å². The lowest BCUT2D eigenvalue weighted by Gasteiger charge is -2.46. The predicted molar refractivity (Wildman–Crippen MR) is 61.5 cm³/mol. The molecule has 74 valence electrons. The van der Waals surface area contributed by atoms with Crippen molar-refractivity contribution in [2.75, 3.05) is 13.1 Å². The van der Waals surface area contributed by atoms with E-state index >= 15 is 0 Å². The Hall–Kier alpha value is -0.340. The quantitative estimate of drug-likeness (QED) is 0.748. The fourth-order valence-corrected chi connectivity index (χ4v) is 3.08. The molecule has 2 aliphatic rings. The van der Waals surface area contributed by atoms with Crippen LogP contribution in [0.3, 0.4) is 0 Å². The van der Waals surface area contributed by atoms with Gasteiger partial charge in [-0.25, -0.2) is 0 Å². The summed E-state index contributed by atoms with van der Waals surface area (Å²) in [5.74, 6) is 0. The molecule has 1 spiro atoms. The van der Waals surface area contributed by atoms with E-state index in [1.54, 1.807) is 11.1 Å². The number of benzene rings is 1. The average Bonchev–Trinajstić information content (AvgIpc) is 2.15. The van der Waals surface area contributed by atoms with Gasteiger partial charge in [0, 0.05) is 17.6 Å². The lowest BCUT2D eigenvalue weighted by molar-refractivity contribution is 0.143. The number of aryl methyl sites for hydroxylation is 1. The molecule has 0 unspecified atom stereocenters. The van der Waals surface area contributed by atoms with E-state index < -0.39 is 0 Å². The van der Waals surface area contributed by atoms with Crippen molar-refractivity contribution in [3.05, 3.63) is 33.8 Å². The number of nitrogens with one attached hydrogen (secondary N) is 1. The second-order valence-corrected chi connectivity index (χ2v) is 5.61. The van der Waals surface area contributed by atoms with E-state index in [0.29, 0.717) is 5.41 Å². The summed E-state index contributed by atoms with van der Waals surface area (Å²) in [5.41, 5.74) is 3.73. The van der Waals surface area contributed by atoms with Crippen molar-refractivity contribution < 1.29 is 0 Å². The third kappa shape index (κ3) is 1.32. The molecule has 1 N–H and O–H groups in total. The fourth-order valence-electron chi connectivity index (χ4n) is 2.67. The Morgan fingerprint density at radius 2 is 2.07 bits per heavy atom. The van der Waals surface area contributed by atoms with Crippen LogP contribution in [0.4, 0.5) is 0 Å². The lowest BCUT2D eigenvalue weighted by atomic mass is 9.68. The normalized spacial score (nSPS) is 22.9. The lowest BCUT2D eigenvalue weighted by Crippen LogP contribution is -2.56. The van der Waals surface area contributed by atoms with Gasteiger partial charge in [-0.3, -0.25) is 0 Å². The summed E-state index contributed by atoms with van der Waals surface area (Å²) in [6.45, 7) is 2.45. The highest BCUT2D eigenvalue weighted by Gasteiger charge is 2.39. The maximum Gasteiger partial charge on any atom is 0.0178 e. The first kappa shape index (κ1) is 8.93. The third-order valence-electron chi connectivity index (χ3n) is 3.66. The molecule has 1 aliphatic heterocycles. The first-order chi connectivity index (χ1) is 6.77. The molecule has 0 radical (unpaired) electrons. The van der Waals surface area contributed by atoms with E-state index in [9.17, 15) is 0 Å². The van der Waals surface area contributed by atoms with Crippen molar-refractivity contribution in [2.24, 2.45) is 5.41 Å². The van der Waals surface area contributed by atoms with Crippen LogP contribution in [0.5, 0.6) is 0 Å². The van der Waals surface area contributed by atoms with Gasteiger partial charge in [-0.15, -0.1) is 0 Å². The van der Waals surface area contributed by atoms with Crippen LogP contribution in [0.15, 0.2) is 22.7 Å². The summed E-state index contributed by atoms with van der Waals surface area (Å²) >= 11 is 3.54. The van der Waals surface area contributed by atoms with Crippen LogP contribution in [0.1, 0.15) is 17.5 Å². The van der Waals surface area contributed by atoms with Crippen molar-refractivity contribution in [1.82, 2.24) is 5.32 Å². The first-order valence-corrected chi connectivity index (χ1v) is 6.05.